The lowest BCUT2D eigenvalue weighted by atomic mass is 10.1. The second kappa shape index (κ2) is 5.11. The number of thiazole rings is 1. The lowest BCUT2D eigenvalue weighted by Gasteiger charge is -2.14. The third-order valence-electron chi connectivity index (χ3n) is 3.17. The van der Waals surface area contributed by atoms with Gasteiger partial charge in [0.15, 0.2) is 4.96 Å². The number of rotatable bonds is 4. The van der Waals surface area contributed by atoms with Crippen molar-refractivity contribution in [2.24, 2.45) is 0 Å². The van der Waals surface area contributed by atoms with E-state index in [0.717, 1.165) is 28.5 Å². The van der Waals surface area contributed by atoms with Gasteiger partial charge in [-0.15, -0.1) is 11.3 Å². The van der Waals surface area contributed by atoms with Gasteiger partial charge in [0.1, 0.15) is 0 Å². The number of pyridine rings is 1. The Bertz CT molecular complexity index is 657. The smallest absolute Gasteiger partial charge is 0.193 e. The van der Waals surface area contributed by atoms with E-state index in [4.69, 9.17) is 0 Å². The molecule has 3 rings (SSSR count). The van der Waals surface area contributed by atoms with Crippen molar-refractivity contribution in [3.05, 3.63) is 53.1 Å². The van der Waals surface area contributed by atoms with E-state index in [1.54, 1.807) is 11.3 Å². The molecule has 0 aromatic carbocycles. The van der Waals surface area contributed by atoms with Crippen molar-refractivity contribution in [3.8, 4) is 0 Å². The summed E-state index contributed by atoms with van der Waals surface area (Å²) < 4.78 is 2.07. The van der Waals surface area contributed by atoms with Crippen molar-refractivity contribution in [1.29, 1.82) is 0 Å². The van der Waals surface area contributed by atoms with Crippen LogP contribution in [0.1, 0.15) is 23.1 Å². The van der Waals surface area contributed by atoms with E-state index in [2.05, 4.69) is 31.9 Å². The summed E-state index contributed by atoms with van der Waals surface area (Å²) in [5, 5.41) is 5.37. The van der Waals surface area contributed by atoms with Gasteiger partial charge in [0, 0.05) is 29.9 Å². The largest absolute Gasteiger partial charge is 0.311 e. The topological polar surface area (TPSA) is 42.2 Å². The van der Waals surface area contributed by atoms with Crippen molar-refractivity contribution in [2.45, 2.75) is 19.4 Å². The highest BCUT2D eigenvalue weighted by Crippen LogP contribution is 2.18. The van der Waals surface area contributed by atoms with Crippen LogP contribution in [0.25, 0.3) is 4.96 Å². The van der Waals surface area contributed by atoms with Gasteiger partial charge in [-0.05, 0) is 26.1 Å². The molecule has 0 amide bonds. The first kappa shape index (κ1) is 12.3. The van der Waals surface area contributed by atoms with Crippen molar-refractivity contribution in [3.63, 3.8) is 0 Å². The van der Waals surface area contributed by atoms with Gasteiger partial charge in [0.05, 0.1) is 17.4 Å². The zero-order chi connectivity index (χ0) is 13.2. The second-order valence-corrected chi connectivity index (χ2v) is 5.45. The molecule has 0 radical (unpaired) electrons. The first-order chi connectivity index (χ1) is 9.26. The van der Waals surface area contributed by atoms with Gasteiger partial charge in [-0.25, -0.2) is 4.98 Å². The minimum atomic E-state index is 0.199. The molecular formula is C14H16N4S. The first-order valence-electron chi connectivity index (χ1n) is 6.28. The van der Waals surface area contributed by atoms with E-state index in [1.807, 2.05) is 37.7 Å². The Labute approximate surface area is 116 Å². The molecule has 0 bridgehead atoms. The van der Waals surface area contributed by atoms with Crippen LogP contribution in [-0.4, -0.2) is 21.4 Å². The molecule has 0 aliphatic rings. The van der Waals surface area contributed by atoms with Crippen molar-refractivity contribution in [2.75, 3.05) is 7.05 Å². The van der Waals surface area contributed by atoms with Gasteiger partial charge in [-0.1, -0.05) is 6.07 Å². The van der Waals surface area contributed by atoms with Gasteiger partial charge < -0.3 is 5.32 Å². The first-order valence-corrected chi connectivity index (χ1v) is 7.16. The van der Waals surface area contributed by atoms with Crippen LogP contribution >= 0.6 is 11.3 Å². The fourth-order valence-electron chi connectivity index (χ4n) is 2.20. The normalized spacial score (nSPS) is 12.9. The molecule has 4 nitrogen and oxygen atoms in total. The lowest BCUT2D eigenvalue weighted by Crippen LogP contribution is -2.20. The zero-order valence-corrected chi connectivity index (χ0v) is 11.8. The Morgan fingerprint density at radius 2 is 2.26 bits per heavy atom. The monoisotopic (exact) mass is 272 g/mol. The fourth-order valence-corrected chi connectivity index (χ4v) is 2.92. The molecule has 0 saturated carbocycles. The van der Waals surface area contributed by atoms with Crippen LogP contribution in [0, 0.1) is 6.92 Å². The standard InChI is InChI=1S/C14H16N4S/c1-10-4-3-5-12(16-10)13(15-2)8-11-9-18-6-7-19-14(18)17-11/h3-7,9,13,15H,8H2,1-2H3. The maximum atomic E-state index is 4.62. The van der Waals surface area contributed by atoms with E-state index < -0.39 is 0 Å². The molecule has 0 fully saturated rings. The number of aryl methyl sites for hydroxylation is 1. The predicted octanol–water partition coefficient (Wildman–Crippen LogP) is 2.60. The van der Waals surface area contributed by atoms with E-state index in [1.165, 1.54) is 0 Å². The molecule has 0 spiro atoms. The predicted molar refractivity (Wildman–Crippen MR) is 77.5 cm³/mol. The summed E-state index contributed by atoms with van der Waals surface area (Å²) in [6.07, 6.45) is 4.98. The Balaban J connectivity index is 1.85. The highest BCUT2D eigenvalue weighted by atomic mass is 32.1. The number of hydrogen-bond acceptors (Lipinski definition) is 4. The number of hydrogen-bond donors (Lipinski definition) is 1. The van der Waals surface area contributed by atoms with Crippen LogP contribution in [-0.2, 0) is 6.42 Å². The van der Waals surface area contributed by atoms with Crippen molar-refractivity contribution >= 4 is 16.3 Å². The van der Waals surface area contributed by atoms with Crippen LogP contribution < -0.4 is 5.32 Å². The fraction of sp³-hybridized carbons (Fsp3) is 0.286. The highest BCUT2D eigenvalue weighted by molar-refractivity contribution is 7.15. The Morgan fingerprint density at radius 3 is 3.00 bits per heavy atom. The van der Waals surface area contributed by atoms with Gasteiger partial charge >= 0.3 is 0 Å². The number of fused-ring (bicyclic) bond motifs is 1. The number of imidazole rings is 1. The van der Waals surface area contributed by atoms with E-state index in [0.29, 0.717) is 0 Å². The molecule has 3 aromatic rings. The third kappa shape index (κ3) is 2.52. The zero-order valence-electron chi connectivity index (χ0n) is 11.0. The van der Waals surface area contributed by atoms with E-state index in [-0.39, 0.29) is 6.04 Å². The summed E-state index contributed by atoms with van der Waals surface area (Å²) in [7, 11) is 1.97. The molecule has 1 N–H and O–H groups in total. The summed E-state index contributed by atoms with van der Waals surface area (Å²) in [5.41, 5.74) is 3.21. The Kier molecular flexibility index (Phi) is 3.31. The molecular weight excluding hydrogens is 256 g/mol. The molecule has 0 aliphatic heterocycles. The SMILES string of the molecule is CNC(Cc1cn2ccsc2n1)c1cccc(C)n1. The van der Waals surface area contributed by atoms with Gasteiger partial charge in [-0.2, -0.15) is 0 Å². The van der Waals surface area contributed by atoms with Gasteiger partial charge in [0.2, 0.25) is 0 Å². The summed E-state index contributed by atoms with van der Waals surface area (Å²) in [4.78, 5) is 10.3. The second-order valence-electron chi connectivity index (χ2n) is 4.57. The molecule has 5 heteroatoms. The number of nitrogens with one attached hydrogen (secondary N) is 1. The molecule has 0 saturated heterocycles. The molecule has 3 aromatic heterocycles. The molecule has 98 valence electrons. The summed E-state index contributed by atoms with van der Waals surface area (Å²) in [6, 6.07) is 6.33. The summed E-state index contributed by atoms with van der Waals surface area (Å²) in [5.74, 6) is 0. The van der Waals surface area contributed by atoms with Gasteiger partial charge in [-0.3, -0.25) is 9.38 Å². The van der Waals surface area contributed by atoms with Crippen LogP contribution in [0.3, 0.4) is 0 Å². The molecule has 1 unspecified atom stereocenters. The highest BCUT2D eigenvalue weighted by Gasteiger charge is 2.14. The third-order valence-corrected chi connectivity index (χ3v) is 3.94. The Morgan fingerprint density at radius 1 is 1.37 bits per heavy atom. The van der Waals surface area contributed by atoms with Gasteiger partial charge in [0.25, 0.3) is 0 Å². The number of nitrogens with zero attached hydrogens (tertiary/aromatic N) is 3. The summed E-state index contributed by atoms with van der Waals surface area (Å²) in [6.45, 7) is 2.02. The quantitative estimate of drug-likeness (QED) is 0.794. The minimum absolute atomic E-state index is 0.199. The average molecular weight is 272 g/mol. The maximum Gasteiger partial charge on any atom is 0.193 e. The molecule has 19 heavy (non-hydrogen) atoms. The summed E-state index contributed by atoms with van der Waals surface area (Å²) >= 11 is 1.66. The van der Waals surface area contributed by atoms with Crippen molar-refractivity contribution in [1.82, 2.24) is 19.7 Å². The average Bonchev–Trinajstić information content (AvgIpc) is 2.96. The molecule has 3 heterocycles. The minimum Gasteiger partial charge on any atom is -0.311 e. The number of likely N-dealkylation sites (N-methyl/N-ethyl adjacent to an activating group) is 1. The van der Waals surface area contributed by atoms with Crippen LogP contribution in [0.5, 0.6) is 0 Å². The maximum absolute atomic E-state index is 4.62. The van der Waals surface area contributed by atoms with Crippen LogP contribution in [0.2, 0.25) is 0 Å². The molecule has 0 aliphatic carbocycles. The number of aromatic nitrogens is 3. The lowest BCUT2D eigenvalue weighted by molar-refractivity contribution is 0.569. The van der Waals surface area contributed by atoms with Crippen LogP contribution in [0.4, 0.5) is 0 Å². The Hall–Kier alpha value is -1.72. The van der Waals surface area contributed by atoms with E-state index in [9.17, 15) is 0 Å². The van der Waals surface area contributed by atoms with E-state index >= 15 is 0 Å². The van der Waals surface area contributed by atoms with Crippen LogP contribution in [0.15, 0.2) is 36.0 Å². The molecule has 1 atom stereocenters. The van der Waals surface area contributed by atoms with Crippen molar-refractivity contribution < 1.29 is 0 Å².